The molecule has 0 aliphatic heterocycles. The van der Waals surface area contributed by atoms with E-state index < -0.39 is 18.1 Å². The van der Waals surface area contributed by atoms with E-state index in [2.05, 4.69) is 0 Å². The lowest BCUT2D eigenvalue weighted by molar-refractivity contribution is -0.132. The van der Waals surface area contributed by atoms with Crippen molar-refractivity contribution in [3.63, 3.8) is 0 Å². The minimum Gasteiger partial charge on any atom is -0.466 e. The number of hydrogen-bond donors (Lipinski definition) is 3. The fraction of sp³-hybridized carbons (Fsp3) is 0.286. The topological polar surface area (TPSA) is 96.7 Å². The summed E-state index contributed by atoms with van der Waals surface area (Å²) < 4.78 is 4.75. The number of aliphatic hydroxyl groups excluding tert-OH is 2. The number of carbonyl (C=O) groups excluding carboxylic acids is 1. The second kappa shape index (κ2) is 3.38. The molecule has 1 amide bonds. The molecule has 1 heterocycles. The van der Waals surface area contributed by atoms with Gasteiger partial charge in [-0.05, 0) is 12.1 Å². The monoisotopic (exact) mass is 171 g/mol. The van der Waals surface area contributed by atoms with Crippen molar-refractivity contribution in [3.05, 3.63) is 24.2 Å². The average Bonchev–Trinajstić information content (AvgIpc) is 2.53. The van der Waals surface area contributed by atoms with E-state index in [0.717, 1.165) is 0 Å². The normalized spacial score (nSPS) is 15.5. The molecule has 0 radical (unpaired) electrons. The Bertz CT molecular complexity index is 256. The summed E-state index contributed by atoms with van der Waals surface area (Å²) in [5.41, 5.74) is 4.75. The zero-order chi connectivity index (χ0) is 9.14. The van der Waals surface area contributed by atoms with Gasteiger partial charge in [0.25, 0.3) is 0 Å². The quantitative estimate of drug-likeness (QED) is 0.552. The summed E-state index contributed by atoms with van der Waals surface area (Å²) in [6.45, 7) is 0. The Balaban J connectivity index is 2.71. The van der Waals surface area contributed by atoms with Gasteiger partial charge in [-0.3, -0.25) is 4.79 Å². The number of rotatable bonds is 3. The Kier molecular flexibility index (Phi) is 2.47. The average molecular weight is 171 g/mol. The van der Waals surface area contributed by atoms with Gasteiger partial charge in [0.2, 0.25) is 5.91 Å². The van der Waals surface area contributed by atoms with Crippen LogP contribution in [0.3, 0.4) is 0 Å². The molecule has 1 aromatic heterocycles. The summed E-state index contributed by atoms with van der Waals surface area (Å²) in [5.74, 6) is -0.875. The van der Waals surface area contributed by atoms with Gasteiger partial charge in [0, 0.05) is 0 Å². The number of hydrogen-bond acceptors (Lipinski definition) is 4. The molecule has 66 valence electrons. The molecule has 0 saturated carbocycles. The maximum absolute atomic E-state index is 10.4. The number of amides is 1. The highest BCUT2D eigenvalue weighted by Gasteiger charge is 2.25. The highest BCUT2D eigenvalue weighted by atomic mass is 16.4. The van der Waals surface area contributed by atoms with Crippen LogP contribution in [-0.2, 0) is 4.79 Å². The molecular weight excluding hydrogens is 162 g/mol. The third kappa shape index (κ3) is 1.63. The first kappa shape index (κ1) is 8.76. The van der Waals surface area contributed by atoms with Crippen LogP contribution in [0.5, 0.6) is 0 Å². The van der Waals surface area contributed by atoms with Crippen LogP contribution < -0.4 is 5.73 Å². The van der Waals surface area contributed by atoms with Gasteiger partial charge in [-0.1, -0.05) is 0 Å². The minimum atomic E-state index is -1.63. The fourth-order valence-electron chi connectivity index (χ4n) is 0.771. The van der Waals surface area contributed by atoms with Crippen LogP contribution in [0.25, 0.3) is 0 Å². The molecule has 4 N–H and O–H groups in total. The molecule has 1 aromatic rings. The van der Waals surface area contributed by atoms with Crippen LogP contribution in [0.15, 0.2) is 22.8 Å². The zero-order valence-corrected chi connectivity index (χ0v) is 6.18. The van der Waals surface area contributed by atoms with Crippen molar-refractivity contribution >= 4 is 5.91 Å². The fourth-order valence-corrected chi connectivity index (χ4v) is 0.771. The largest absolute Gasteiger partial charge is 0.466 e. The van der Waals surface area contributed by atoms with E-state index in [0.29, 0.717) is 0 Å². The van der Waals surface area contributed by atoms with E-state index in [1.807, 2.05) is 0 Å². The molecule has 0 aliphatic carbocycles. The molecule has 5 heteroatoms. The molecule has 12 heavy (non-hydrogen) atoms. The predicted octanol–water partition coefficient (Wildman–Crippen LogP) is -0.841. The molecule has 0 aliphatic rings. The SMILES string of the molecule is NC(=O)C(O)C(O)c1ccco1. The van der Waals surface area contributed by atoms with Crippen molar-refractivity contribution in [1.29, 1.82) is 0 Å². The van der Waals surface area contributed by atoms with Crippen LogP contribution in [0, 0.1) is 0 Å². The van der Waals surface area contributed by atoms with Crippen molar-refractivity contribution in [3.8, 4) is 0 Å². The van der Waals surface area contributed by atoms with Gasteiger partial charge in [-0.25, -0.2) is 0 Å². The van der Waals surface area contributed by atoms with Crippen molar-refractivity contribution < 1.29 is 19.4 Å². The third-order valence-electron chi connectivity index (χ3n) is 1.43. The molecule has 0 spiro atoms. The molecule has 1 rings (SSSR count). The van der Waals surface area contributed by atoms with Crippen molar-refractivity contribution in [2.45, 2.75) is 12.2 Å². The summed E-state index contributed by atoms with van der Waals surface area (Å²) in [5, 5.41) is 18.2. The van der Waals surface area contributed by atoms with Gasteiger partial charge in [-0.2, -0.15) is 0 Å². The molecule has 0 saturated heterocycles. The van der Waals surface area contributed by atoms with Crippen LogP contribution >= 0.6 is 0 Å². The molecule has 0 fully saturated rings. The summed E-state index contributed by atoms with van der Waals surface area (Å²) in [6.07, 6.45) is -1.69. The highest BCUT2D eigenvalue weighted by molar-refractivity contribution is 5.79. The summed E-state index contributed by atoms with van der Waals surface area (Å²) >= 11 is 0. The number of carbonyl (C=O) groups is 1. The first-order valence-corrected chi connectivity index (χ1v) is 3.32. The summed E-state index contributed by atoms with van der Waals surface area (Å²) in [7, 11) is 0. The standard InChI is InChI=1S/C7H9NO4/c8-7(11)6(10)5(9)4-2-1-3-12-4/h1-3,5-6,9-10H,(H2,8,11). The molecule has 0 aromatic carbocycles. The van der Waals surface area contributed by atoms with Gasteiger partial charge in [0.15, 0.2) is 6.10 Å². The van der Waals surface area contributed by atoms with Gasteiger partial charge in [0.05, 0.1) is 6.26 Å². The van der Waals surface area contributed by atoms with E-state index in [-0.39, 0.29) is 5.76 Å². The minimum absolute atomic E-state index is 0.112. The van der Waals surface area contributed by atoms with E-state index >= 15 is 0 Å². The third-order valence-corrected chi connectivity index (χ3v) is 1.43. The molecular formula is C7H9NO4. The first-order chi connectivity index (χ1) is 5.63. The Hall–Kier alpha value is -1.33. The van der Waals surface area contributed by atoms with E-state index in [4.69, 9.17) is 15.3 Å². The van der Waals surface area contributed by atoms with Gasteiger partial charge in [-0.15, -0.1) is 0 Å². The van der Waals surface area contributed by atoms with Crippen LogP contribution in [0.1, 0.15) is 11.9 Å². The Morgan fingerprint density at radius 2 is 2.25 bits per heavy atom. The molecule has 2 atom stereocenters. The zero-order valence-electron chi connectivity index (χ0n) is 6.18. The number of nitrogens with two attached hydrogens (primary N) is 1. The summed E-state index contributed by atoms with van der Waals surface area (Å²) in [6, 6.07) is 2.98. The maximum Gasteiger partial charge on any atom is 0.249 e. The van der Waals surface area contributed by atoms with Crippen LogP contribution in [0.4, 0.5) is 0 Å². The second-order valence-corrected chi connectivity index (χ2v) is 2.31. The van der Waals surface area contributed by atoms with Crippen molar-refractivity contribution in [2.24, 2.45) is 5.73 Å². The lowest BCUT2D eigenvalue weighted by atomic mass is 10.1. The lowest BCUT2D eigenvalue weighted by Gasteiger charge is -2.11. The van der Waals surface area contributed by atoms with E-state index in [1.54, 1.807) is 0 Å². The summed E-state index contributed by atoms with van der Waals surface area (Å²) in [4.78, 5) is 10.4. The smallest absolute Gasteiger partial charge is 0.249 e. The molecule has 2 unspecified atom stereocenters. The van der Waals surface area contributed by atoms with E-state index in [9.17, 15) is 9.90 Å². The highest BCUT2D eigenvalue weighted by Crippen LogP contribution is 2.16. The maximum atomic E-state index is 10.4. The van der Waals surface area contributed by atoms with E-state index in [1.165, 1.54) is 18.4 Å². The van der Waals surface area contributed by atoms with Crippen LogP contribution in [0.2, 0.25) is 0 Å². The van der Waals surface area contributed by atoms with Gasteiger partial charge in [0.1, 0.15) is 11.9 Å². The first-order valence-electron chi connectivity index (χ1n) is 3.32. The number of primary amides is 1. The van der Waals surface area contributed by atoms with Gasteiger partial charge < -0.3 is 20.4 Å². The predicted molar refractivity (Wildman–Crippen MR) is 38.9 cm³/mol. The van der Waals surface area contributed by atoms with Crippen molar-refractivity contribution in [2.75, 3.05) is 0 Å². The Labute approximate surface area is 68.4 Å². The Morgan fingerprint density at radius 3 is 2.67 bits per heavy atom. The molecule has 5 nitrogen and oxygen atoms in total. The lowest BCUT2D eigenvalue weighted by Crippen LogP contribution is -2.33. The second-order valence-electron chi connectivity index (χ2n) is 2.31. The Morgan fingerprint density at radius 1 is 1.58 bits per heavy atom. The van der Waals surface area contributed by atoms with Crippen LogP contribution in [-0.4, -0.2) is 22.2 Å². The van der Waals surface area contributed by atoms with Crippen molar-refractivity contribution in [1.82, 2.24) is 0 Å². The molecule has 0 bridgehead atoms. The number of furan rings is 1. The van der Waals surface area contributed by atoms with Gasteiger partial charge >= 0.3 is 0 Å². The number of aliphatic hydroxyl groups is 2.